The average Bonchev–Trinajstić information content (AvgIpc) is 3.08. The van der Waals surface area contributed by atoms with Crippen molar-refractivity contribution in [1.29, 1.82) is 0 Å². The molecule has 2 N–H and O–H groups in total. The average molecular weight is 424 g/mol. The van der Waals surface area contributed by atoms with Gasteiger partial charge in [-0.05, 0) is 94.2 Å². The van der Waals surface area contributed by atoms with Crippen LogP contribution in [-0.4, -0.2) is 40.9 Å². The van der Waals surface area contributed by atoms with Gasteiger partial charge in [-0.1, -0.05) is 25.1 Å². The summed E-state index contributed by atoms with van der Waals surface area (Å²) in [6, 6.07) is 9.92. The number of benzene rings is 1. The summed E-state index contributed by atoms with van der Waals surface area (Å²) in [5.74, 6) is 2.47. The predicted octanol–water partition coefficient (Wildman–Crippen LogP) is 4.84. The van der Waals surface area contributed by atoms with Gasteiger partial charge in [0, 0.05) is 23.7 Å². The Morgan fingerprint density at radius 3 is 2.58 bits per heavy atom. The highest BCUT2D eigenvalue weighted by Gasteiger charge is 2.60. The van der Waals surface area contributed by atoms with Gasteiger partial charge in [0.05, 0.1) is 6.04 Å². The molecule has 5 rings (SSSR count). The van der Waals surface area contributed by atoms with Crippen molar-refractivity contribution in [2.75, 3.05) is 11.9 Å². The first-order valence-electron chi connectivity index (χ1n) is 12.2. The van der Waals surface area contributed by atoms with Crippen molar-refractivity contribution in [3.8, 4) is 0 Å². The molecule has 2 unspecified atom stereocenters. The first-order valence-corrected chi connectivity index (χ1v) is 12.2. The van der Waals surface area contributed by atoms with Crippen LogP contribution in [0.2, 0.25) is 0 Å². The molecule has 5 nitrogen and oxygen atoms in total. The number of anilines is 1. The monoisotopic (exact) mass is 423 g/mol. The maximum atomic E-state index is 12.7. The molecule has 0 spiro atoms. The molecule has 2 aliphatic carbocycles. The van der Waals surface area contributed by atoms with Gasteiger partial charge in [0.25, 0.3) is 0 Å². The summed E-state index contributed by atoms with van der Waals surface area (Å²) in [5.41, 5.74) is 1.17. The Labute approximate surface area is 186 Å². The summed E-state index contributed by atoms with van der Waals surface area (Å²) in [7, 11) is 0. The summed E-state index contributed by atoms with van der Waals surface area (Å²) in [6.45, 7) is 8.03. The topological polar surface area (TPSA) is 61.4 Å². The smallest absolute Gasteiger partial charge is 0.319 e. The molecule has 4 fully saturated rings. The second-order valence-electron chi connectivity index (χ2n) is 11.0. The van der Waals surface area contributed by atoms with E-state index in [1.54, 1.807) is 0 Å². The lowest BCUT2D eigenvalue weighted by molar-refractivity contribution is -0.152. The zero-order valence-corrected chi connectivity index (χ0v) is 19.2. The minimum Gasteiger partial charge on any atom is -0.335 e. The van der Waals surface area contributed by atoms with Gasteiger partial charge in [-0.3, -0.25) is 9.69 Å². The Morgan fingerprint density at radius 1 is 1.03 bits per heavy atom. The molecule has 2 saturated carbocycles. The second-order valence-corrected chi connectivity index (χ2v) is 11.0. The second kappa shape index (κ2) is 7.61. The molecule has 168 valence electrons. The van der Waals surface area contributed by atoms with Crippen molar-refractivity contribution in [3.05, 3.63) is 30.3 Å². The highest BCUT2D eigenvalue weighted by atomic mass is 16.2. The molecule has 2 amide bonds. The van der Waals surface area contributed by atoms with Crippen LogP contribution in [0.25, 0.3) is 0 Å². The van der Waals surface area contributed by atoms with E-state index in [4.69, 9.17) is 0 Å². The van der Waals surface area contributed by atoms with Crippen LogP contribution < -0.4 is 10.6 Å². The SMILES string of the molecule is CC1C(=O)CC[C@]2(C)[C@@H]3CC[C@]4(C)C(NC(=O)Nc5ccccc5)CC[C@H]4[C@@H]3CCN12. The lowest BCUT2D eigenvalue weighted by atomic mass is 9.52. The third-order valence-corrected chi connectivity index (χ3v) is 9.74. The lowest BCUT2D eigenvalue weighted by Gasteiger charge is -2.62. The van der Waals surface area contributed by atoms with Crippen LogP contribution >= 0.6 is 0 Å². The van der Waals surface area contributed by atoms with Crippen LogP contribution in [0, 0.1) is 23.2 Å². The summed E-state index contributed by atoms with van der Waals surface area (Å²) in [6.07, 6.45) is 7.61. The number of ketones is 1. The minimum atomic E-state index is -0.0819. The number of piperidine rings is 2. The molecule has 2 saturated heterocycles. The lowest BCUT2D eigenvalue weighted by Crippen LogP contribution is -2.67. The van der Waals surface area contributed by atoms with E-state index in [-0.39, 0.29) is 29.1 Å². The number of amides is 2. The molecule has 1 aromatic carbocycles. The molecular formula is C26H37N3O2. The van der Waals surface area contributed by atoms with Crippen molar-refractivity contribution in [3.63, 3.8) is 0 Å². The molecule has 1 aromatic rings. The van der Waals surface area contributed by atoms with Crippen LogP contribution in [0.3, 0.4) is 0 Å². The zero-order chi connectivity index (χ0) is 21.8. The standard InChI is InChI=1S/C26H37N3O2/c1-17-22(30)12-15-26(3)21-11-14-25(2)20(19(21)13-16-29(17)26)9-10-23(25)28-24(31)27-18-7-5-4-6-8-18/h4-8,17,19-21,23H,9-16H2,1-3H3,(H2,27,28,31)/t17?,19-,20-,21+,23?,25-,26+/m0/s1. The normalized spacial score (nSPS) is 42.3. The van der Waals surface area contributed by atoms with Crippen molar-refractivity contribution in [2.24, 2.45) is 23.2 Å². The van der Waals surface area contributed by atoms with E-state index < -0.39 is 0 Å². The van der Waals surface area contributed by atoms with Crippen molar-refractivity contribution < 1.29 is 9.59 Å². The number of Topliss-reactive ketones (excluding diaryl/α,β-unsaturated/α-hetero) is 1. The molecule has 0 radical (unpaired) electrons. The number of hydrogen-bond acceptors (Lipinski definition) is 3. The van der Waals surface area contributed by atoms with Crippen molar-refractivity contribution in [2.45, 2.75) is 83.3 Å². The van der Waals surface area contributed by atoms with Gasteiger partial charge in [-0.2, -0.15) is 0 Å². The van der Waals surface area contributed by atoms with Gasteiger partial charge < -0.3 is 10.6 Å². The Kier molecular flexibility index (Phi) is 5.16. The van der Waals surface area contributed by atoms with Gasteiger partial charge in [0.2, 0.25) is 0 Å². The van der Waals surface area contributed by atoms with Crippen molar-refractivity contribution >= 4 is 17.5 Å². The number of nitrogens with zero attached hydrogens (tertiary/aromatic N) is 1. The summed E-state index contributed by atoms with van der Waals surface area (Å²) in [4.78, 5) is 27.6. The summed E-state index contributed by atoms with van der Waals surface area (Å²) >= 11 is 0. The molecule has 2 heterocycles. The third kappa shape index (κ3) is 3.31. The summed E-state index contributed by atoms with van der Waals surface area (Å²) < 4.78 is 0. The van der Waals surface area contributed by atoms with E-state index in [1.807, 2.05) is 30.3 Å². The Balaban J connectivity index is 1.30. The first kappa shape index (κ1) is 21.0. The van der Waals surface area contributed by atoms with Gasteiger partial charge in [-0.15, -0.1) is 0 Å². The largest absolute Gasteiger partial charge is 0.335 e. The highest BCUT2D eigenvalue weighted by Crippen LogP contribution is 2.61. The van der Waals surface area contributed by atoms with Crippen LogP contribution in [-0.2, 0) is 4.79 Å². The molecule has 31 heavy (non-hydrogen) atoms. The molecule has 7 atom stereocenters. The van der Waals surface area contributed by atoms with Crippen LogP contribution in [0.4, 0.5) is 10.5 Å². The third-order valence-electron chi connectivity index (χ3n) is 9.74. The van der Waals surface area contributed by atoms with E-state index in [1.165, 1.54) is 25.7 Å². The maximum absolute atomic E-state index is 12.7. The summed E-state index contributed by atoms with van der Waals surface area (Å²) in [5, 5.41) is 6.34. The maximum Gasteiger partial charge on any atom is 0.319 e. The number of fused-ring (bicyclic) bond motifs is 5. The Hall–Kier alpha value is -1.88. The van der Waals surface area contributed by atoms with E-state index in [0.29, 0.717) is 23.5 Å². The fourth-order valence-electron chi connectivity index (χ4n) is 8.03. The minimum absolute atomic E-state index is 0.0766. The molecule has 5 heteroatoms. The molecule has 0 bridgehead atoms. The predicted molar refractivity (Wildman–Crippen MR) is 123 cm³/mol. The van der Waals surface area contributed by atoms with E-state index in [0.717, 1.165) is 31.5 Å². The molecule has 0 aromatic heterocycles. The number of nitrogens with one attached hydrogen (secondary N) is 2. The number of rotatable bonds is 2. The first-order chi connectivity index (χ1) is 14.8. The van der Waals surface area contributed by atoms with Crippen molar-refractivity contribution in [1.82, 2.24) is 10.2 Å². The van der Waals surface area contributed by atoms with Gasteiger partial charge in [-0.25, -0.2) is 4.79 Å². The number of hydrogen-bond donors (Lipinski definition) is 2. The van der Waals surface area contributed by atoms with Gasteiger partial charge in [0.1, 0.15) is 5.78 Å². The zero-order valence-electron chi connectivity index (χ0n) is 19.2. The van der Waals surface area contributed by atoms with E-state index in [2.05, 4.69) is 36.3 Å². The Bertz CT molecular complexity index is 857. The van der Waals surface area contributed by atoms with Gasteiger partial charge >= 0.3 is 6.03 Å². The fourth-order valence-corrected chi connectivity index (χ4v) is 8.03. The van der Waals surface area contributed by atoms with Crippen LogP contribution in [0.5, 0.6) is 0 Å². The Morgan fingerprint density at radius 2 is 1.81 bits per heavy atom. The quantitative estimate of drug-likeness (QED) is 0.716. The fraction of sp³-hybridized carbons (Fsp3) is 0.692. The number of urea groups is 1. The van der Waals surface area contributed by atoms with Crippen LogP contribution in [0.15, 0.2) is 30.3 Å². The number of para-hydroxylation sites is 1. The number of carbonyl (C=O) groups is 2. The van der Waals surface area contributed by atoms with Crippen LogP contribution in [0.1, 0.15) is 65.7 Å². The molecule has 4 aliphatic rings. The highest BCUT2D eigenvalue weighted by molar-refractivity contribution is 5.89. The van der Waals surface area contributed by atoms with E-state index >= 15 is 0 Å². The molecule has 2 aliphatic heterocycles. The molecular weight excluding hydrogens is 386 g/mol. The number of carbonyl (C=O) groups excluding carboxylic acids is 2. The van der Waals surface area contributed by atoms with E-state index in [9.17, 15) is 9.59 Å². The van der Waals surface area contributed by atoms with Gasteiger partial charge in [0.15, 0.2) is 0 Å².